The molecular formula is C21H22INO2. The number of pyridine rings is 1. The van der Waals surface area contributed by atoms with Crippen molar-refractivity contribution in [1.29, 1.82) is 0 Å². The molecule has 0 spiro atoms. The van der Waals surface area contributed by atoms with Gasteiger partial charge in [0.1, 0.15) is 6.54 Å². The Kier molecular flexibility index (Phi) is 6.82. The summed E-state index contributed by atoms with van der Waals surface area (Å²) in [6, 6.07) is 18.7. The van der Waals surface area contributed by atoms with Gasteiger partial charge in [-0.2, -0.15) is 4.57 Å². The topological polar surface area (TPSA) is 22.3 Å². The van der Waals surface area contributed by atoms with Gasteiger partial charge < -0.3 is 33.5 Å². The molecule has 0 aliphatic rings. The van der Waals surface area contributed by atoms with E-state index in [1.54, 1.807) is 14.2 Å². The highest BCUT2D eigenvalue weighted by molar-refractivity contribution is 5.77. The summed E-state index contributed by atoms with van der Waals surface area (Å²) < 4.78 is 13.0. The van der Waals surface area contributed by atoms with Gasteiger partial charge in [-0.3, -0.25) is 0 Å². The van der Waals surface area contributed by atoms with Crippen LogP contribution in [0.15, 0.2) is 54.6 Å². The molecule has 0 saturated carbocycles. The van der Waals surface area contributed by atoms with Crippen molar-refractivity contribution >= 4 is 23.1 Å². The molecule has 0 atom stereocenters. The zero-order valence-electron chi connectivity index (χ0n) is 14.7. The highest BCUT2D eigenvalue weighted by atomic mass is 127. The summed E-state index contributed by atoms with van der Waals surface area (Å²) in [5, 5.41) is 1.25. The average molecular weight is 447 g/mol. The van der Waals surface area contributed by atoms with E-state index in [4.69, 9.17) is 9.47 Å². The smallest absolute Gasteiger partial charge is 0.212 e. The molecule has 0 unspecified atom stereocenters. The van der Waals surface area contributed by atoms with Crippen LogP contribution in [0.3, 0.4) is 0 Å². The lowest BCUT2D eigenvalue weighted by atomic mass is 10.1. The van der Waals surface area contributed by atoms with Gasteiger partial charge in [0.05, 0.1) is 14.2 Å². The first kappa shape index (κ1) is 19.2. The molecule has 1 heterocycles. The number of halogens is 1. The summed E-state index contributed by atoms with van der Waals surface area (Å²) in [6.45, 7) is 3.09. The third-order valence-electron chi connectivity index (χ3n) is 4.14. The molecule has 25 heavy (non-hydrogen) atoms. The minimum atomic E-state index is 0. The fraction of sp³-hybridized carbons (Fsp3) is 0.190. The van der Waals surface area contributed by atoms with E-state index in [1.165, 1.54) is 16.6 Å². The van der Waals surface area contributed by atoms with Gasteiger partial charge in [0.2, 0.25) is 11.2 Å². The van der Waals surface area contributed by atoms with E-state index in [9.17, 15) is 0 Å². The predicted octanol–water partition coefficient (Wildman–Crippen LogP) is 1.34. The van der Waals surface area contributed by atoms with Crippen LogP contribution in [0.2, 0.25) is 0 Å². The van der Waals surface area contributed by atoms with E-state index in [-0.39, 0.29) is 24.0 Å². The standard InChI is InChI=1S/C21H22NO2.HI/c1-4-22-18(13-11-17-7-5-6-8-19(17)22)12-9-16-10-14-20(23-2)21(15-16)24-3;/h5-15H,4H2,1-3H3;1H/q+1;/p-1/b12-9+;. The molecule has 0 amide bonds. The predicted molar refractivity (Wildman–Crippen MR) is 98.3 cm³/mol. The number of benzene rings is 2. The first-order valence-electron chi connectivity index (χ1n) is 8.08. The van der Waals surface area contributed by atoms with Crippen LogP contribution < -0.4 is 38.0 Å². The van der Waals surface area contributed by atoms with E-state index in [0.29, 0.717) is 0 Å². The fourth-order valence-corrected chi connectivity index (χ4v) is 2.92. The zero-order valence-corrected chi connectivity index (χ0v) is 16.9. The fourth-order valence-electron chi connectivity index (χ4n) is 2.92. The van der Waals surface area contributed by atoms with Crippen LogP contribution in [0.1, 0.15) is 18.2 Å². The monoisotopic (exact) mass is 447 g/mol. The van der Waals surface area contributed by atoms with Crippen LogP contribution in [0.25, 0.3) is 23.1 Å². The van der Waals surface area contributed by atoms with Crippen molar-refractivity contribution in [3.05, 3.63) is 65.9 Å². The molecule has 0 fully saturated rings. The second-order valence-electron chi connectivity index (χ2n) is 5.51. The van der Waals surface area contributed by atoms with E-state index in [0.717, 1.165) is 23.6 Å². The van der Waals surface area contributed by atoms with Gasteiger partial charge >= 0.3 is 0 Å². The average Bonchev–Trinajstić information content (AvgIpc) is 2.65. The van der Waals surface area contributed by atoms with E-state index in [2.05, 4.69) is 60.0 Å². The van der Waals surface area contributed by atoms with E-state index < -0.39 is 0 Å². The third-order valence-corrected chi connectivity index (χ3v) is 4.14. The van der Waals surface area contributed by atoms with Gasteiger partial charge in [-0.15, -0.1) is 0 Å². The number of rotatable bonds is 5. The summed E-state index contributed by atoms with van der Waals surface area (Å²) in [4.78, 5) is 0. The van der Waals surface area contributed by atoms with Gasteiger partial charge in [0.15, 0.2) is 11.5 Å². The van der Waals surface area contributed by atoms with Gasteiger partial charge in [-0.1, -0.05) is 18.2 Å². The van der Waals surface area contributed by atoms with Crippen molar-refractivity contribution in [2.75, 3.05) is 14.2 Å². The van der Waals surface area contributed by atoms with Crippen molar-refractivity contribution in [2.24, 2.45) is 0 Å². The Morgan fingerprint density at radius 3 is 2.36 bits per heavy atom. The second kappa shape index (κ2) is 8.85. The summed E-state index contributed by atoms with van der Waals surface area (Å²) in [6.07, 6.45) is 4.23. The maximum absolute atomic E-state index is 5.37. The molecule has 0 saturated heterocycles. The van der Waals surface area contributed by atoms with Gasteiger partial charge in [-0.25, -0.2) is 0 Å². The van der Waals surface area contributed by atoms with Crippen LogP contribution in [0, 0.1) is 0 Å². The van der Waals surface area contributed by atoms with Crippen molar-refractivity contribution in [3.8, 4) is 11.5 Å². The van der Waals surface area contributed by atoms with Crippen LogP contribution in [0.4, 0.5) is 0 Å². The first-order valence-corrected chi connectivity index (χ1v) is 8.08. The minimum absolute atomic E-state index is 0. The van der Waals surface area contributed by atoms with Crippen molar-refractivity contribution in [1.82, 2.24) is 0 Å². The molecule has 130 valence electrons. The Balaban J connectivity index is 0.00000225. The van der Waals surface area contributed by atoms with Crippen molar-refractivity contribution in [3.63, 3.8) is 0 Å². The maximum atomic E-state index is 5.37. The van der Waals surface area contributed by atoms with Crippen LogP contribution in [-0.2, 0) is 6.54 Å². The highest BCUT2D eigenvalue weighted by Gasteiger charge is 2.11. The molecule has 0 N–H and O–H groups in total. The molecule has 1 aromatic heterocycles. The van der Waals surface area contributed by atoms with E-state index in [1.807, 2.05) is 18.2 Å². The number of fused-ring (bicyclic) bond motifs is 1. The summed E-state index contributed by atoms with van der Waals surface area (Å²) in [5.41, 5.74) is 3.49. The number of aromatic nitrogens is 1. The van der Waals surface area contributed by atoms with Crippen LogP contribution in [0.5, 0.6) is 11.5 Å². The zero-order chi connectivity index (χ0) is 16.9. The lowest BCUT2D eigenvalue weighted by Gasteiger charge is -2.07. The number of hydrogen-bond acceptors (Lipinski definition) is 2. The summed E-state index contributed by atoms with van der Waals surface area (Å²) >= 11 is 0. The summed E-state index contributed by atoms with van der Waals surface area (Å²) in [5.74, 6) is 1.48. The Labute approximate surface area is 165 Å². The molecular weight excluding hydrogens is 425 g/mol. The SMILES string of the molecule is CC[n+]1c(/C=C/c2ccc(OC)c(OC)c2)ccc2ccccc21.[I-]. The number of methoxy groups -OCH3 is 2. The molecule has 0 bridgehead atoms. The maximum Gasteiger partial charge on any atom is 0.212 e. The molecule has 4 heteroatoms. The highest BCUT2D eigenvalue weighted by Crippen LogP contribution is 2.28. The van der Waals surface area contributed by atoms with Crippen LogP contribution >= 0.6 is 0 Å². The first-order chi connectivity index (χ1) is 11.8. The van der Waals surface area contributed by atoms with Gasteiger partial charge in [-0.05, 0) is 42.8 Å². The number of nitrogens with zero attached hydrogens (tertiary/aromatic N) is 1. The van der Waals surface area contributed by atoms with Gasteiger partial charge in [0, 0.05) is 23.6 Å². The number of aryl methyl sites for hydroxylation is 1. The Morgan fingerprint density at radius 1 is 0.880 bits per heavy atom. The third kappa shape index (κ3) is 4.12. The number of hydrogen-bond donors (Lipinski definition) is 0. The van der Waals surface area contributed by atoms with Crippen molar-refractivity contribution in [2.45, 2.75) is 13.5 Å². The molecule has 0 aliphatic carbocycles. The van der Waals surface area contributed by atoms with Crippen LogP contribution in [-0.4, -0.2) is 14.2 Å². The van der Waals surface area contributed by atoms with Gasteiger partial charge in [0.25, 0.3) is 0 Å². The number of ether oxygens (including phenoxy) is 2. The molecule has 3 aromatic rings. The minimum Gasteiger partial charge on any atom is -1.00 e. The molecule has 2 aromatic carbocycles. The Bertz CT molecular complexity index is 890. The molecule has 0 radical (unpaired) electrons. The molecule has 3 rings (SSSR count). The number of para-hydroxylation sites is 1. The lowest BCUT2D eigenvalue weighted by Crippen LogP contribution is -3.00. The quantitative estimate of drug-likeness (QED) is 0.435. The largest absolute Gasteiger partial charge is 1.00 e. The Morgan fingerprint density at radius 2 is 1.64 bits per heavy atom. The summed E-state index contributed by atoms with van der Waals surface area (Å²) in [7, 11) is 3.30. The van der Waals surface area contributed by atoms with Crippen molar-refractivity contribution < 1.29 is 38.0 Å². The second-order valence-corrected chi connectivity index (χ2v) is 5.51. The Hall–Kier alpha value is -2.08. The van der Waals surface area contributed by atoms with E-state index >= 15 is 0 Å². The normalized spacial score (nSPS) is 10.7. The molecule has 3 nitrogen and oxygen atoms in total. The molecule has 0 aliphatic heterocycles. The lowest BCUT2D eigenvalue weighted by molar-refractivity contribution is -0.669.